The highest BCUT2D eigenvalue weighted by atomic mass is 14.2. The van der Waals surface area contributed by atoms with E-state index in [9.17, 15) is 0 Å². The van der Waals surface area contributed by atoms with Gasteiger partial charge in [0.2, 0.25) is 0 Å². The molecule has 0 nitrogen and oxygen atoms in total. The molecule has 0 atom stereocenters. The van der Waals surface area contributed by atoms with E-state index in [-0.39, 0.29) is 10.8 Å². The molecule has 3 aromatic rings. The predicted molar refractivity (Wildman–Crippen MR) is 111 cm³/mol. The Morgan fingerprint density at radius 1 is 0.640 bits per heavy atom. The van der Waals surface area contributed by atoms with Gasteiger partial charge in [-0.05, 0) is 50.3 Å². The topological polar surface area (TPSA) is 0 Å². The summed E-state index contributed by atoms with van der Waals surface area (Å²) in [5.41, 5.74) is 5.93. The Bertz CT molecular complexity index is 872. The molecule has 0 amide bonds. The van der Waals surface area contributed by atoms with E-state index in [1.807, 2.05) is 0 Å². The van der Waals surface area contributed by atoms with Gasteiger partial charge in [0.05, 0.1) is 0 Å². The van der Waals surface area contributed by atoms with E-state index in [4.69, 9.17) is 0 Å². The third-order valence-corrected chi connectivity index (χ3v) is 5.02. The van der Waals surface area contributed by atoms with Crippen LogP contribution in [0, 0.1) is 0 Å². The lowest BCUT2D eigenvalue weighted by Gasteiger charge is -2.25. The first kappa shape index (κ1) is 17.7. The zero-order chi connectivity index (χ0) is 18.2. The molecule has 0 N–H and O–H groups in total. The molecular weight excluding hydrogens is 300 g/mol. The quantitative estimate of drug-likeness (QED) is 0.473. The molecule has 3 aromatic carbocycles. The SMILES string of the molecule is CC(C)(C)c1ccc2c(C(C)(C)C)ccc(Cc3ccccc3)c2c1. The normalized spacial score (nSPS) is 12.6. The Morgan fingerprint density at radius 2 is 1.32 bits per heavy atom. The van der Waals surface area contributed by atoms with Gasteiger partial charge in [-0.3, -0.25) is 0 Å². The number of hydrogen-bond acceptors (Lipinski definition) is 0. The average molecular weight is 331 g/mol. The summed E-state index contributed by atoms with van der Waals surface area (Å²) in [4.78, 5) is 0. The van der Waals surface area contributed by atoms with Crippen LogP contribution in [0.25, 0.3) is 10.8 Å². The Balaban J connectivity index is 2.22. The number of hydrogen-bond donors (Lipinski definition) is 0. The molecular formula is C25H30. The van der Waals surface area contributed by atoms with Crippen LogP contribution in [0.3, 0.4) is 0 Å². The summed E-state index contributed by atoms with van der Waals surface area (Å²) in [6, 6.07) is 22.5. The van der Waals surface area contributed by atoms with Crippen LogP contribution in [-0.4, -0.2) is 0 Å². The highest BCUT2D eigenvalue weighted by molar-refractivity contribution is 5.90. The van der Waals surface area contributed by atoms with Gasteiger partial charge in [-0.1, -0.05) is 102 Å². The Morgan fingerprint density at radius 3 is 1.92 bits per heavy atom. The summed E-state index contributed by atoms with van der Waals surface area (Å²) in [6.07, 6.45) is 0.982. The van der Waals surface area contributed by atoms with Gasteiger partial charge >= 0.3 is 0 Å². The first-order chi connectivity index (χ1) is 11.7. The molecule has 0 saturated carbocycles. The van der Waals surface area contributed by atoms with Crippen LogP contribution in [0.5, 0.6) is 0 Å². The van der Waals surface area contributed by atoms with E-state index in [0.29, 0.717) is 0 Å². The highest BCUT2D eigenvalue weighted by Crippen LogP contribution is 2.35. The minimum absolute atomic E-state index is 0.146. The van der Waals surface area contributed by atoms with Crippen molar-refractivity contribution in [2.45, 2.75) is 58.8 Å². The van der Waals surface area contributed by atoms with E-state index in [1.165, 1.54) is 33.0 Å². The molecule has 0 bridgehead atoms. The molecule has 0 heterocycles. The molecule has 0 aliphatic carbocycles. The van der Waals surface area contributed by atoms with Gasteiger partial charge in [-0.15, -0.1) is 0 Å². The molecule has 25 heavy (non-hydrogen) atoms. The lowest BCUT2D eigenvalue weighted by molar-refractivity contribution is 0.590. The first-order valence-corrected chi connectivity index (χ1v) is 9.27. The maximum Gasteiger partial charge on any atom is -0.00196 e. The largest absolute Gasteiger partial charge is 0.0622 e. The minimum Gasteiger partial charge on any atom is -0.0622 e. The third kappa shape index (κ3) is 3.79. The fourth-order valence-corrected chi connectivity index (χ4v) is 3.50. The van der Waals surface area contributed by atoms with E-state index in [1.54, 1.807) is 0 Å². The fourth-order valence-electron chi connectivity index (χ4n) is 3.50. The van der Waals surface area contributed by atoms with Gasteiger partial charge < -0.3 is 0 Å². The lowest BCUT2D eigenvalue weighted by Crippen LogP contribution is -2.14. The van der Waals surface area contributed by atoms with Crippen molar-refractivity contribution in [3.05, 3.63) is 82.9 Å². The van der Waals surface area contributed by atoms with Gasteiger partial charge in [0.25, 0.3) is 0 Å². The number of benzene rings is 3. The van der Waals surface area contributed by atoms with Crippen LogP contribution in [0.1, 0.15) is 63.8 Å². The molecule has 0 heteroatoms. The molecule has 0 aliphatic heterocycles. The predicted octanol–water partition coefficient (Wildman–Crippen LogP) is 7.03. The van der Waals surface area contributed by atoms with E-state index in [2.05, 4.69) is 102 Å². The second-order valence-corrected chi connectivity index (χ2v) is 9.19. The molecule has 0 fully saturated rings. The van der Waals surface area contributed by atoms with Crippen molar-refractivity contribution in [2.75, 3.05) is 0 Å². The number of fused-ring (bicyclic) bond motifs is 1. The molecule has 130 valence electrons. The Labute approximate surface area is 152 Å². The molecule has 0 saturated heterocycles. The van der Waals surface area contributed by atoms with Gasteiger partial charge in [-0.2, -0.15) is 0 Å². The average Bonchev–Trinajstić information content (AvgIpc) is 2.53. The Hall–Kier alpha value is -2.08. The summed E-state index contributed by atoms with van der Waals surface area (Å²) in [5, 5.41) is 2.80. The smallest absolute Gasteiger partial charge is 0.00196 e. The minimum atomic E-state index is 0.146. The van der Waals surface area contributed by atoms with Crippen LogP contribution in [0.15, 0.2) is 60.7 Å². The molecule has 0 unspecified atom stereocenters. The molecule has 0 aliphatic rings. The third-order valence-electron chi connectivity index (χ3n) is 5.02. The molecule has 0 spiro atoms. The van der Waals surface area contributed by atoms with Gasteiger partial charge in [0.15, 0.2) is 0 Å². The van der Waals surface area contributed by atoms with Crippen molar-refractivity contribution >= 4 is 10.8 Å². The van der Waals surface area contributed by atoms with E-state index >= 15 is 0 Å². The summed E-state index contributed by atoms with van der Waals surface area (Å²) in [7, 11) is 0. The van der Waals surface area contributed by atoms with Crippen LogP contribution >= 0.6 is 0 Å². The highest BCUT2D eigenvalue weighted by Gasteiger charge is 2.20. The van der Waals surface area contributed by atoms with Gasteiger partial charge in [0.1, 0.15) is 0 Å². The van der Waals surface area contributed by atoms with Crippen molar-refractivity contribution in [3.63, 3.8) is 0 Å². The fraction of sp³-hybridized carbons (Fsp3) is 0.360. The summed E-state index contributed by atoms with van der Waals surface area (Å²) < 4.78 is 0. The van der Waals surface area contributed by atoms with E-state index in [0.717, 1.165) is 6.42 Å². The van der Waals surface area contributed by atoms with Crippen LogP contribution < -0.4 is 0 Å². The standard InChI is InChI=1S/C25H30/c1-24(2,3)20-13-14-21-22(17-20)19(12-15-23(21)25(4,5)6)16-18-10-8-7-9-11-18/h7-15,17H,16H2,1-6H3. The monoisotopic (exact) mass is 330 g/mol. The van der Waals surface area contributed by atoms with Crippen molar-refractivity contribution in [3.8, 4) is 0 Å². The molecule has 0 radical (unpaired) electrons. The van der Waals surface area contributed by atoms with Crippen LogP contribution in [-0.2, 0) is 17.3 Å². The summed E-state index contributed by atoms with van der Waals surface area (Å²) >= 11 is 0. The maximum absolute atomic E-state index is 2.42. The second kappa shape index (κ2) is 6.33. The van der Waals surface area contributed by atoms with Gasteiger partial charge in [0, 0.05) is 0 Å². The zero-order valence-corrected chi connectivity index (χ0v) is 16.5. The second-order valence-electron chi connectivity index (χ2n) is 9.19. The lowest BCUT2D eigenvalue weighted by atomic mass is 9.79. The van der Waals surface area contributed by atoms with Crippen molar-refractivity contribution in [1.82, 2.24) is 0 Å². The van der Waals surface area contributed by atoms with Crippen molar-refractivity contribution < 1.29 is 0 Å². The summed E-state index contributed by atoms with van der Waals surface area (Å²) in [5.74, 6) is 0. The van der Waals surface area contributed by atoms with Crippen LogP contribution in [0.4, 0.5) is 0 Å². The number of rotatable bonds is 2. The van der Waals surface area contributed by atoms with Crippen molar-refractivity contribution in [2.24, 2.45) is 0 Å². The zero-order valence-electron chi connectivity index (χ0n) is 16.5. The Kier molecular flexibility index (Phi) is 4.49. The van der Waals surface area contributed by atoms with Crippen LogP contribution in [0.2, 0.25) is 0 Å². The molecule has 0 aromatic heterocycles. The summed E-state index contributed by atoms with van der Waals surface area (Å²) in [6.45, 7) is 13.8. The molecule has 3 rings (SSSR count). The maximum atomic E-state index is 2.42. The first-order valence-electron chi connectivity index (χ1n) is 9.27. The van der Waals surface area contributed by atoms with Gasteiger partial charge in [-0.25, -0.2) is 0 Å². The van der Waals surface area contributed by atoms with E-state index < -0.39 is 0 Å². The van der Waals surface area contributed by atoms with Crippen molar-refractivity contribution in [1.29, 1.82) is 0 Å².